The fraction of sp³-hybridized carbons (Fsp3) is 1.00. The maximum Gasteiger partial charge on any atom is 0.0745 e. The lowest BCUT2D eigenvalue weighted by Gasteiger charge is -2.26. The summed E-state index contributed by atoms with van der Waals surface area (Å²) in [6, 6.07) is 0. The quantitative estimate of drug-likeness (QED) is 0.707. The molecule has 2 aliphatic heterocycles. The van der Waals surface area contributed by atoms with Crippen molar-refractivity contribution in [2.45, 2.75) is 18.6 Å². The maximum atomic E-state index is 5.94. The van der Waals surface area contributed by atoms with E-state index in [9.17, 15) is 0 Å². The van der Waals surface area contributed by atoms with E-state index in [0.717, 1.165) is 32.1 Å². The van der Waals surface area contributed by atoms with Gasteiger partial charge in [0.1, 0.15) is 0 Å². The highest BCUT2D eigenvalue weighted by atomic mass is 16.5. The van der Waals surface area contributed by atoms with Gasteiger partial charge in [-0.2, -0.15) is 0 Å². The predicted octanol–water partition coefficient (Wildman–Crippen LogP) is -0.143. The molecule has 3 unspecified atom stereocenters. The molecule has 2 heterocycles. The Labute approximate surface area is 98.9 Å². The summed E-state index contributed by atoms with van der Waals surface area (Å²) in [6.45, 7) is 5.55. The number of nitrogens with one attached hydrogen (secondary N) is 1. The lowest BCUT2D eigenvalue weighted by molar-refractivity contribution is 0.00538. The molecule has 1 N–H and O–H groups in total. The molecule has 0 saturated carbocycles. The van der Waals surface area contributed by atoms with Gasteiger partial charge in [0.05, 0.1) is 12.2 Å². The zero-order valence-electron chi connectivity index (χ0n) is 10.8. The molecule has 2 aliphatic rings. The summed E-state index contributed by atoms with van der Waals surface area (Å²) in [5.74, 6) is 0.729. The van der Waals surface area contributed by atoms with Crippen molar-refractivity contribution in [3.05, 3.63) is 0 Å². The molecule has 0 aromatic carbocycles. The average molecular weight is 227 g/mol. The Balaban J connectivity index is 1.72. The normalized spacial score (nSPS) is 33.9. The van der Waals surface area contributed by atoms with Gasteiger partial charge in [-0.15, -0.1) is 0 Å². The van der Waals surface area contributed by atoms with Crippen molar-refractivity contribution >= 4 is 0 Å². The summed E-state index contributed by atoms with van der Waals surface area (Å²) in [7, 11) is 6.48. The third-order valence-corrected chi connectivity index (χ3v) is 3.65. The molecule has 2 rings (SSSR count). The summed E-state index contributed by atoms with van der Waals surface area (Å²) in [5.41, 5.74) is 0. The van der Waals surface area contributed by atoms with Crippen LogP contribution in [-0.2, 0) is 4.74 Å². The standard InChI is InChI=1S/C12H25N3O/c1-14(2)4-5-15(3)9-10-6-11-7-13-8-12(10)16-11/h10-13H,4-9H2,1-3H3. The van der Waals surface area contributed by atoms with Gasteiger partial charge in [0.2, 0.25) is 0 Å². The van der Waals surface area contributed by atoms with E-state index >= 15 is 0 Å². The number of ether oxygens (including phenoxy) is 1. The summed E-state index contributed by atoms with van der Waals surface area (Å²) < 4.78 is 5.94. The predicted molar refractivity (Wildman–Crippen MR) is 65.7 cm³/mol. The Morgan fingerprint density at radius 1 is 1.19 bits per heavy atom. The summed E-state index contributed by atoms with van der Waals surface area (Å²) in [6.07, 6.45) is 2.18. The van der Waals surface area contributed by atoms with Crippen LogP contribution in [0.25, 0.3) is 0 Å². The lowest BCUT2D eigenvalue weighted by atomic mass is 10.00. The van der Waals surface area contributed by atoms with Crippen LogP contribution in [0.4, 0.5) is 0 Å². The summed E-state index contributed by atoms with van der Waals surface area (Å²) in [5, 5.41) is 3.45. The number of rotatable bonds is 5. The molecular formula is C12H25N3O. The molecule has 0 aromatic rings. The number of likely N-dealkylation sites (N-methyl/N-ethyl adjacent to an activating group) is 2. The van der Waals surface area contributed by atoms with Crippen LogP contribution >= 0.6 is 0 Å². The maximum absolute atomic E-state index is 5.94. The fourth-order valence-corrected chi connectivity index (χ4v) is 2.69. The van der Waals surface area contributed by atoms with E-state index in [1.807, 2.05) is 0 Å². The molecule has 0 aliphatic carbocycles. The molecule has 2 bridgehead atoms. The zero-order valence-corrected chi connectivity index (χ0v) is 10.8. The fourth-order valence-electron chi connectivity index (χ4n) is 2.69. The van der Waals surface area contributed by atoms with Gasteiger partial charge in [0.25, 0.3) is 0 Å². The van der Waals surface area contributed by atoms with Crippen LogP contribution in [0.5, 0.6) is 0 Å². The van der Waals surface area contributed by atoms with Gasteiger partial charge in [-0.3, -0.25) is 0 Å². The first-order chi connectivity index (χ1) is 7.65. The highest BCUT2D eigenvalue weighted by molar-refractivity contribution is 4.90. The molecule has 4 heteroatoms. The third kappa shape index (κ3) is 3.17. The molecule has 0 spiro atoms. The molecule has 16 heavy (non-hydrogen) atoms. The molecular weight excluding hydrogens is 202 g/mol. The van der Waals surface area contributed by atoms with Crippen LogP contribution in [0.3, 0.4) is 0 Å². The topological polar surface area (TPSA) is 27.7 Å². The van der Waals surface area contributed by atoms with Gasteiger partial charge < -0.3 is 19.9 Å². The zero-order chi connectivity index (χ0) is 11.5. The molecule has 3 atom stereocenters. The number of hydrogen-bond acceptors (Lipinski definition) is 4. The van der Waals surface area contributed by atoms with E-state index < -0.39 is 0 Å². The van der Waals surface area contributed by atoms with E-state index in [1.54, 1.807) is 0 Å². The van der Waals surface area contributed by atoms with Crippen LogP contribution in [-0.4, -0.2) is 75.9 Å². The largest absolute Gasteiger partial charge is 0.372 e. The molecule has 0 amide bonds. The van der Waals surface area contributed by atoms with Crippen LogP contribution in [0.1, 0.15) is 6.42 Å². The van der Waals surface area contributed by atoms with Gasteiger partial charge in [-0.05, 0) is 27.6 Å². The van der Waals surface area contributed by atoms with Crippen molar-refractivity contribution in [3.8, 4) is 0 Å². The Morgan fingerprint density at radius 3 is 2.69 bits per heavy atom. The number of hydrogen-bond donors (Lipinski definition) is 1. The van der Waals surface area contributed by atoms with Crippen molar-refractivity contribution in [2.24, 2.45) is 5.92 Å². The van der Waals surface area contributed by atoms with Crippen LogP contribution < -0.4 is 5.32 Å². The van der Waals surface area contributed by atoms with Crippen LogP contribution in [0, 0.1) is 5.92 Å². The Bertz CT molecular complexity index is 222. The van der Waals surface area contributed by atoms with Crippen LogP contribution in [0.2, 0.25) is 0 Å². The molecule has 0 radical (unpaired) electrons. The van der Waals surface area contributed by atoms with Crippen molar-refractivity contribution < 1.29 is 4.74 Å². The minimum absolute atomic E-state index is 0.459. The van der Waals surface area contributed by atoms with E-state index in [1.165, 1.54) is 13.0 Å². The monoisotopic (exact) mass is 227 g/mol. The summed E-state index contributed by atoms with van der Waals surface area (Å²) >= 11 is 0. The SMILES string of the molecule is CN(C)CCN(C)CC1CC2CNCC1O2. The Kier molecular flexibility index (Phi) is 4.19. The second-order valence-electron chi connectivity index (χ2n) is 5.52. The second-order valence-corrected chi connectivity index (χ2v) is 5.52. The van der Waals surface area contributed by atoms with Gasteiger partial charge in [-0.1, -0.05) is 0 Å². The lowest BCUT2D eigenvalue weighted by Crippen LogP contribution is -2.41. The highest BCUT2D eigenvalue weighted by Crippen LogP contribution is 2.29. The van der Waals surface area contributed by atoms with E-state index in [0.29, 0.717) is 12.2 Å². The van der Waals surface area contributed by atoms with Crippen molar-refractivity contribution in [1.29, 1.82) is 0 Å². The molecule has 2 saturated heterocycles. The molecule has 2 fully saturated rings. The van der Waals surface area contributed by atoms with E-state index in [-0.39, 0.29) is 0 Å². The first-order valence-electron chi connectivity index (χ1n) is 6.34. The van der Waals surface area contributed by atoms with Crippen molar-refractivity contribution in [1.82, 2.24) is 15.1 Å². The van der Waals surface area contributed by atoms with E-state index in [4.69, 9.17) is 4.74 Å². The smallest absolute Gasteiger partial charge is 0.0745 e. The average Bonchev–Trinajstić information content (AvgIpc) is 2.51. The van der Waals surface area contributed by atoms with Gasteiger partial charge >= 0.3 is 0 Å². The molecule has 4 nitrogen and oxygen atoms in total. The first kappa shape index (κ1) is 12.3. The van der Waals surface area contributed by atoms with Gasteiger partial charge in [-0.25, -0.2) is 0 Å². The second kappa shape index (κ2) is 5.45. The minimum Gasteiger partial charge on any atom is -0.372 e. The van der Waals surface area contributed by atoms with Gasteiger partial charge in [0.15, 0.2) is 0 Å². The third-order valence-electron chi connectivity index (χ3n) is 3.65. The Morgan fingerprint density at radius 2 is 2.00 bits per heavy atom. The van der Waals surface area contributed by atoms with Crippen molar-refractivity contribution in [2.75, 3.05) is 53.9 Å². The minimum atomic E-state index is 0.459. The number of fused-ring (bicyclic) bond motifs is 2. The highest BCUT2D eigenvalue weighted by Gasteiger charge is 2.38. The Hall–Kier alpha value is -0.160. The van der Waals surface area contributed by atoms with E-state index in [2.05, 4.69) is 36.3 Å². The molecule has 0 aromatic heterocycles. The van der Waals surface area contributed by atoms with Crippen LogP contribution in [0.15, 0.2) is 0 Å². The number of nitrogens with zero attached hydrogens (tertiary/aromatic N) is 2. The number of morpholine rings is 1. The summed E-state index contributed by atoms with van der Waals surface area (Å²) in [4.78, 5) is 4.68. The molecule has 94 valence electrons. The first-order valence-corrected chi connectivity index (χ1v) is 6.34. The van der Waals surface area contributed by atoms with Crippen molar-refractivity contribution in [3.63, 3.8) is 0 Å². The van der Waals surface area contributed by atoms with Gasteiger partial charge in [0, 0.05) is 38.6 Å².